The van der Waals surface area contributed by atoms with Crippen molar-refractivity contribution in [3.63, 3.8) is 0 Å². The minimum absolute atomic E-state index is 0.173. The van der Waals surface area contributed by atoms with Gasteiger partial charge in [0.1, 0.15) is 11.3 Å². The van der Waals surface area contributed by atoms with Crippen LogP contribution in [0.4, 0.5) is 5.69 Å². The van der Waals surface area contributed by atoms with Crippen LogP contribution in [0, 0.1) is 6.92 Å². The highest BCUT2D eigenvalue weighted by Crippen LogP contribution is 2.13. The molecule has 2 heterocycles. The molecule has 0 fully saturated rings. The minimum Gasteiger partial charge on any atom is -0.360 e. The first-order valence-electron chi connectivity index (χ1n) is 7.05. The van der Waals surface area contributed by atoms with Crippen LogP contribution < -0.4 is 10.6 Å². The number of nitrogens with zero attached hydrogens (tertiary/aromatic N) is 2. The third kappa shape index (κ3) is 3.91. The summed E-state index contributed by atoms with van der Waals surface area (Å²) in [6.45, 7) is 3.84. The highest BCUT2D eigenvalue weighted by atomic mass is 16.5. The number of aromatic nitrogens is 2. The van der Waals surface area contributed by atoms with Gasteiger partial charge in [-0.2, -0.15) is 0 Å². The largest absolute Gasteiger partial charge is 0.360 e. The van der Waals surface area contributed by atoms with E-state index in [2.05, 4.69) is 20.8 Å². The number of carbonyl (C=O) groups is 2. The molecule has 2 rings (SSSR count). The Labute approximate surface area is 128 Å². The molecule has 0 unspecified atom stereocenters. The zero-order valence-electron chi connectivity index (χ0n) is 12.5. The normalized spacial score (nSPS) is 10.3. The summed E-state index contributed by atoms with van der Waals surface area (Å²) in [4.78, 5) is 27.7. The number of aryl methyl sites for hydroxylation is 2. The van der Waals surface area contributed by atoms with Gasteiger partial charge in [-0.1, -0.05) is 12.1 Å². The van der Waals surface area contributed by atoms with Gasteiger partial charge in [0.15, 0.2) is 0 Å². The van der Waals surface area contributed by atoms with Crippen LogP contribution in [0.15, 0.2) is 29.0 Å². The van der Waals surface area contributed by atoms with Gasteiger partial charge in [0, 0.05) is 25.6 Å². The predicted octanol–water partition coefficient (Wildman–Crippen LogP) is 1.70. The van der Waals surface area contributed by atoms with Gasteiger partial charge < -0.3 is 15.2 Å². The fourth-order valence-corrected chi connectivity index (χ4v) is 1.99. The highest BCUT2D eigenvalue weighted by Gasteiger charge is 2.18. The van der Waals surface area contributed by atoms with E-state index in [0.29, 0.717) is 29.1 Å². The Bertz CT molecular complexity index is 652. The Morgan fingerprint density at radius 1 is 1.36 bits per heavy atom. The van der Waals surface area contributed by atoms with Gasteiger partial charge in [0.05, 0.1) is 17.6 Å². The van der Waals surface area contributed by atoms with Crippen molar-refractivity contribution in [1.29, 1.82) is 0 Å². The van der Waals surface area contributed by atoms with Crippen LogP contribution in [-0.4, -0.2) is 28.5 Å². The summed E-state index contributed by atoms with van der Waals surface area (Å²) >= 11 is 0. The fraction of sp³-hybridized carbons (Fsp3) is 0.333. The fourth-order valence-electron chi connectivity index (χ4n) is 1.99. The molecule has 2 aromatic heterocycles. The quantitative estimate of drug-likeness (QED) is 0.846. The van der Waals surface area contributed by atoms with Crippen molar-refractivity contribution in [3.05, 3.63) is 41.5 Å². The van der Waals surface area contributed by atoms with Crippen LogP contribution >= 0.6 is 0 Å². The Balaban J connectivity index is 1.82. The van der Waals surface area contributed by atoms with Crippen molar-refractivity contribution in [2.45, 2.75) is 26.7 Å². The number of carbonyl (C=O) groups excluding carboxylic acids is 2. The van der Waals surface area contributed by atoms with Crippen LogP contribution in [0.1, 0.15) is 35.2 Å². The summed E-state index contributed by atoms with van der Waals surface area (Å²) < 4.78 is 5.08. The monoisotopic (exact) mass is 302 g/mol. The van der Waals surface area contributed by atoms with E-state index < -0.39 is 0 Å². The Hall–Kier alpha value is -2.70. The molecule has 2 amide bonds. The molecular formula is C15H18N4O3. The summed E-state index contributed by atoms with van der Waals surface area (Å²) in [5.41, 5.74) is 1.63. The number of rotatable bonds is 6. The highest BCUT2D eigenvalue weighted by molar-refractivity contribution is 5.96. The molecule has 116 valence electrons. The lowest BCUT2D eigenvalue weighted by atomic mass is 10.1. The number of pyridine rings is 1. The molecule has 0 aliphatic carbocycles. The maximum absolute atomic E-state index is 12.1. The van der Waals surface area contributed by atoms with Crippen LogP contribution in [0.25, 0.3) is 0 Å². The molecule has 0 bridgehead atoms. The second kappa shape index (κ2) is 7.35. The SMILES string of the molecule is CCc1onc(C)c1C(=O)NCCC(=O)Nc1cccnc1. The molecule has 0 aliphatic heterocycles. The second-order valence-electron chi connectivity index (χ2n) is 4.72. The van der Waals surface area contributed by atoms with Crippen molar-refractivity contribution in [3.8, 4) is 0 Å². The molecule has 0 saturated heterocycles. The lowest BCUT2D eigenvalue weighted by Crippen LogP contribution is -2.28. The Morgan fingerprint density at radius 2 is 2.18 bits per heavy atom. The van der Waals surface area contributed by atoms with Crippen molar-refractivity contribution >= 4 is 17.5 Å². The molecule has 22 heavy (non-hydrogen) atoms. The van der Waals surface area contributed by atoms with Crippen LogP contribution in [0.2, 0.25) is 0 Å². The van der Waals surface area contributed by atoms with Gasteiger partial charge in [-0.15, -0.1) is 0 Å². The van der Waals surface area contributed by atoms with Crippen molar-refractivity contribution in [1.82, 2.24) is 15.5 Å². The first-order chi connectivity index (χ1) is 10.6. The summed E-state index contributed by atoms with van der Waals surface area (Å²) in [5.74, 6) is 0.0886. The minimum atomic E-state index is -0.273. The number of hydrogen-bond donors (Lipinski definition) is 2. The van der Waals surface area contributed by atoms with Crippen molar-refractivity contribution < 1.29 is 14.1 Å². The molecule has 7 nitrogen and oxygen atoms in total. The van der Waals surface area contributed by atoms with Crippen LogP contribution in [0.3, 0.4) is 0 Å². The van der Waals surface area contributed by atoms with Gasteiger partial charge in [0.25, 0.3) is 5.91 Å². The number of amides is 2. The molecule has 0 radical (unpaired) electrons. The van der Waals surface area contributed by atoms with E-state index >= 15 is 0 Å². The van der Waals surface area contributed by atoms with E-state index in [1.54, 1.807) is 31.5 Å². The summed E-state index contributed by atoms with van der Waals surface area (Å²) in [5, 5.41) is 9.19. The van der Waals surface area contributed by atoms with Gasteiger partial charge in [0.2, 0.25) is 5.91 Å². The standard InChI is InChI=1S/C15H18N4O3/c1-3-12-14(10(2)19-22-12)15(21)17-8-6-13(20)18-11-5-4-7-16-9-11/h4-5,7,9H,3,6,8H2,1-2H3,(H,17,21)(H,18,20). The molecule has 2 aromatic rings. The first-order valence-corrected chi connectivity index (χ1v) is 7.05. The Morgan fingerprint density at radius 3 is 2.86 bits per heavy atom. The van der Waals surface area contributed by atoms with E-state index in [1.165, 1.54) is 0 Å². The molecule has 0 aromatic carbocycles. The van der Waals surface area contributed by atoms with Crippen molar-refractivity contribution in [2.75, 3.05) is 11.9 Å². The van der Waals surface area contributed by atoms with E-state index in [0.717, 1.165) is 0 Å². The third-order valence-corrected chi connectivity index (χ3v) is 3.06. The van der Waals surface area contributed by atoms with E-state index in [4.69, 9.17) is 4.52 Å². The maximum Gasteiger partial charge on any atom is 0.256 e. The van der Waals surface area contributed by atoms with E-state index in [-0.39, 0.29) is 24.8 Å². The van der Waals surface area contributed by atoms with Crippen molar-refractivity contribution in [2.24, 2.45) is 0 Å². The predicted molar refractivity (Wildman–Crippen MR) is 80.4 cm³/mol. The molecule has 0 spiro atoms. The molecule has 2 N–H and O–H groups in total. The smallest absolute Gasteiger partial charge is 0.256 e. The van der Waals surface area contributed by atoms with Gasteiger partial charge in [-0.05, 0) is 19.1 Å². The zero-order valence-corrected chi connectivity index (χ0v) is 12.5. The van der Waals surface area contributed by atoms with E-state index in [1.807, 2.05) is 6.92 Å². The summed E-state index contributed by atoms with van der Waals surface area (Å²) in [7, 11) is 0. The van der Waals surface area contributed by atoms with Gasteiger partial charge in [-0.25, -0.2) is 0 Å². The molecule has 0 atom stereocenters. The third-order valence-electron chi connectivity index (χ3n) is 3.06. The lowest BCUT2D eigenvalue weighted by molar-refractivity contribution is -0.116. The van der Waals surface area contributed by atoms with Crippen LogP contribution in [0.5, 0.6) is 0 Å². The summed E-state index contributed by atoms with van der Waals surface area (Å²) in [6, 6.07) is 3.48. The summed E-state index contributed by atoms with van der Waals surface area (Å²) in [6.07, 6.45) is 3.95. The number of hydrogen-bond acceptors (Lipinski definition) is 5. The first kappa shape index (κ1) is 15.7. The molecule has 0 saturated carbocycles. The zero-order chi connectivity index (χ0) is 15.9. The molecular weight excluding hydrogens is 284 g/mol. The molecule has 7 heteroatoms. The maximum atomic E-state index is 12.1. The average Bonchev–Trinajstić information content (AvgIpc) is 2.89. The second-order valence-corrected chi connectivity index (χ2v) is 4.72. The van der Waals surface area contributed by atoms with Gasteiger partial charge >= 0.3 is 0 Å². The topological polar surface area (TPSA) is 97.1 Å². The average molecular weight is 302 g/mol. The van der Waals surface area contributed by atoms with Crippen LogP contribution in [-0.2, 0) is 11.2 Å². The van der Waals surface area contributed by atoms with Gasteiger partial charge in [-0.3, -0.25) is 14.6 Å². The lowest BCUT2D eigenvalue weighted by Gasteiger charge is -2.06. The Kier molecular flexibility index (Phi) is 5.24. The number of anilines is 1. The van der Waals surface area contributed by atoms with E-state index in [9.17, 15) is 9.59 Å². The number of nitrogens with one attached hydrogen (secondary N) is 2. The molecule has 0 aliphatic rings.